The van der Waals surface area contributed by atoms with Crippen LogP contribution >= 0.6 is 0 Å². The van der Waals surface area contributed by atoms with Gasteiger partial charge in [0.15, 0.2) is 5.60 Å². The van der Waals surface area contributed by atoms with Gasteiger partial charge in [-0.1, -0.05) is 24.1 Å². The average molecular weight is 390 g/mol. The van der Waals surface area contributed by atoms with Gasteiger partial charge in [-0.25, -0.2) is 14.8 Å². The summed E-state index contributed by atoms with van der Waals surface area (Å²) in [5.74, 6) is 0.839. The number of carbonyl (C=O) groups excluding carboxylic acids is 1. The number of nitrogens with zero attached hydrogens (tertiary/aromatic N) is 3. The minimum absolute atomic E-state index is 0.0542. The van der Waals surface area contributed by atoms with Crippen molar-refractivity contribution in [2.75, 3.05) is 36.5 Å². The van der Waals surface area contributed by atoms with Crippen molar-refractivity contribution in [1.82, 2.24) is 4.98 Å². The van der Waals surface area contributed by atoms with Crippen LogP contribution < -0.4 is 14.9 Å². The van der Waals surface area contributed by atoms with Crippen LogP contribution in [0.5, 0.6) is 0 Å². The molecule has 154 valence electrons. The fraction of sp³-hybridized carbons (Fsp3) is 0.550. The van der Waals surface area contributed by atoms with Crippen LogP contribution in [-0.2, 0) is 15.1 Å². The van der Waals surface area contributed by atoms with Gasteiger partial charge in [0, 0.05) is 19.7 Å². The number of carbonyl (C=O) groups is 1. The zero-order chi connectivity index (χ0) is 20.6. The molecule has 1 atom stereocenters. The molecule has 0 aliphatic carbocycles. The maximum atomic E-state index is 13.1. The van der Waals surface area contributed by atoms with E-state index in [0.717, 1.165) is 12.8 Å². The van der Waals surface area contributed by atoms with Gasteiger partial charge in [-0.05, 0) is 32.6 Å². The van der Waals surface area contributed by atoms with Gasteiger partial charge >= 0.3 is 6.09 Å². The molecule has 0 aromatic carbocycles. The zero-order valence-corrected chi connectivity index (χ0v) is 16.8. The molecule has 0 spiro atoms. The number of rotatable bonds is 9. The van der Waals surface area contributed by atoms with E-state index >= 15 is 0 Å². The first-order valence-electron chi connectivity index (χ1n) is 9.70. The molecule has 1 aliphatic heterocycles. The van der Waals surface area contributed by atoms with Crippen LogP contribution in [0.4, 0.5) is 16.4 Å². The Balaban J connectivity index is 2.57. The standard InChI is InChI=1S/C20H30N4O4/c1-5-12-23(13-6-2)16-15-17(22-19(25)27-8-4)24(26)18(21-16)20(7-3)11-9-10-14-28-20/h5-6,15H,1-2,7-14H2,3-4H3,(H,22,25). The molecule has 0 bridgehead atoms. The molecule has 1 saturated heterocycles. The Hall–Kier alpha value is -2.61. The lowest BCUT2D eigenvalue weighted by molar-refractivity contribution is -0.613. The smallest absolute Gasteiger partial charge is 0.473 e. The lowest BCUT2D eigenvalue weighted by Crippen LogP contribution is -2.49. The largest absolute Gasteiger partial charge is 0.740 e. The molecule has 1 fully saturated rings. The van der Waals surface area contributed by atoms with Crippen molar-refractivity contribution >= 4 is 17.7 Å². The van der Waals surface area contributed by atoms with Crippen LogP contribution in [0.25, 0.3) is 0 Å². The molecule has 8 heteroatoms. The monoisotopic (exact) mass is 390 g/mol. The van der Waals surface area contributed by atoms with Gasteiger partial charge in [-0.3, -0.25) is 0 Å². The van der Waals surface area contributed by atoms with Crippen molar-refractivity contribution in [3.05, 3.63) is 42.4 Å². The number of amides is 1. The lowest BCUT2D eigenvalue weighted by atomic mass is 9.90. The fourth-order valence-electron chi connectivity index (χ4n) is 3.33. The predicted molar refractivity (Wildman–Crippen MR) is 108 cm³/mol. The highest BCUT2D eigenvalue weighted by Crippen LogP contribution is 2.36. The Bertz CT molecular complexity index is 692. The van der Waals surface area contributed by atoms with Gasteiger partial charge < -0.3 is 19.6 Å². The van der Waals surface area contributed by atoms with E-state index in [1.165, 1.54) is 6.07 Å². The molecule has 0 saturated carbocycles. The van der Waals surface area contributed by atoms with Gasteiger partial charge in [-0.15, -0.1) is 13.2 Å². The molecule has 0 radical (unpaired) electrons. The SMILES string of the molecule is C=CCN(CC=C)c1cc(NC(=O)OCC)[n+]([O-])c(C2(CC)CCCCO2)n1. The number of hydrogen-bond acceptors (Lipinski definition) is 6. The van der Waals surface area contributed by atoms with Crippen molar-refractivity contribution < 1.29 is 19.0 Å². The molecule has 1 amide bonds. The van der Waals surface area contributed by atoms with Crippen molar-refractivity contribution in [3.63, 3.8) is 0 Å². The zero-order valence-electron chi connectivity index (χ0n) is 16.8. The number of ether oxygens (including phenoxy) is 2. The highest BCUT2D eigenvalue weighted by molar-refractivity contribution is 5.83. The van der Waals surface area contributed by atoms with Crippen LogP contribution in [0.2, 0.25) is 0 Å². The van der Waals surface area contributed by atoms with Gasteiger partial charge in [0.25, 0.3) is 5.82 Å². The first kappa shape index (κ1) is 21.7. The molecule has 1 unspecified atom stereocenters. The lowest BCUT2D eigenvalue weighted by Gasteiger charge is -2.35. The third-order valence-corrected chi connectivity index (χ3v) is 4.76. The third-order valence-electron chi connectivity index (χ3n) is 4.76. The van der Waals surface area contributed by atoms with E-state index in [0.29, 0.717) is 43.1 Å². The normalized spacial score (nSPS) is 18.9. The molecular formula is C20H30N4O4. The van der Waals surface area contributed by atoms with Crippen LogP contribution in [0.1, 0.15) is 45.4 Å². The maximum Gasteiger partial charge on any atom is 0.473 e. The predicted octanol–water partition coefficient (Wildman–Crippen LogP) is 3.27. The van der Waals surface area contributed by atoms with E-state index in [-0.39, 0.29) is 18.2 Å². The van der Waals surface area contributed by atoms with Crippen molar-refractivity contribution in [2.24, 2.45) is 0 Å². The van der Waals surface area contributed by atoms with Crippen LogP contribution in [0.15, 0.2) is 31.4 Å². The Kier molecular flexibility index (Phi) is 7.80. The average Bonchev–Trinajstić information content (AvgIpc) is 2.70. The van der Waals surface area contributed by atoms with E-state index in [1.807, 2.05) is 11.8 Å². The molecule has 8 nitrogen and oxygen atoms in total. The van der Waals surface area contributed by atoms with Crippen LogP contribution in [-0.4, -0.2) is 37.4 Å². The van der Waals surface area contributed by atoms with Gasteiger partial charge in [0.1, 0.15) is 0 Å². The van der Waals surface area contributed by atoms with E-state index in [9.17, 15) is 10.0 Å². The summed E-state index contributed by atoms with van der Waals surface area (Å²) in [6, 6.07) is 1.53. The Morgan fingerprint density at radius 3 is 2.68 bits per heavy atom. The van der Waals surface area contributed by atoms with E-state index in [2.05, 4.69) is 23.5 Å². The van der Waals surface area contributed by atoms with E-state index < -0.39 is 11.7 Å². The summed E-state index contributed by atoms with van der Waals surface area (Å²) in [6.07, 6.45) is 6.00. The highest BCUT2D eigenvalue weighted by atomic mass is 16.5. The van der Waals surface area contributed by atoms with Gasteiger partial charge in [0.2, 0.25) is 11.6 Å². The summed E-state index contributed by atoms with van der Waals surface area (Å²) >= 11 is 0. The molecule has 1 aliphatic rings. The number of anilines is 2. The summed E-state index contributed by atoms with van der Waals surface area (Å²) in [7, 11) is 0. The quantitative estimate of drug-likeness (QED) is 0.395. The van der Waals surface area contributed by atoms with Crippen molar-refractivity contribution in [2.45, 2.75) is 45.1 Å². The van der Waals surface area contributed by atoms with Crippen molar-refractivity contribution in [1.29, 1.82) is 0 Å². The summed E-state index contributed by atoms with van der Waals surface area (Å²) < 4.78 is 11.6. The Morgan fingerprint density at radius 2 is 2.14 bits per heavy atom. The number of hydrogen-bond donors (Lipinski definition) is 1. The third kappa shape index (κ3) is 4.81. The van der Waals surface area contributed by atoms with Gasteiger partial charge in [0.05, 0.1) is 12.7 Å². The molecular weight excluding hydrogens is 360 g/mol. The number of aromatic nitrogens is 2. The molecule has 1 N–H and O–H groups in total. The van der Waals surface area contributed by atoms with Gasteiger partial charge in [-0.2, -0.15) is 0 Å². The first-order chi connectivity index (χ1) is 13.5. The fourth-order valence-corrected chi connectivity index (χ4v) is 3.33. The minimum Gasteiger partial charge on any atom is -0.740 e. The van der Waals surface area contributed by atoms with Crippen LogP contribution in [0.3, 0.4) is 0 Å². The Labute approximate surface area is 166 Å². The second-order valence-corrected chi connectivity index (χ2v) is 6.60. The molecule has 2 rings (SSSR count). The topological polar surface area (TPSA) is 90.6 Å². The maximum absolute atomic E-state index is 13.1. The van der Waals surface area contributed by atoms with E-state index in [4.69, 9.17) is 9.47 Å². The summed E-state index contributed by atoms with van der Waals surface area (Å²) in [5, 5.41) is 15.6. The summed E-state index contributed by atoms with van der Waals surface area (Å²) in [5.41, 5.74) is -0.783. The highest BCUT2D eigenvalue weighted by Gasteiger charge is 2.42. The first-order valence-corrected chi connectivity index (χ1v) is 9.70. The summed E-state index contributed by atoms with van der Waals surface area (Å²) in [6.45, 7) is 13.0. The summed E-state index contributed by atoms with van der Waals surface area (Å²) in [4.78, 5) is 18.5. The molecule has 1 aromatic rings. The molecule has 28 heavy (non-hydrogen) atoms. The second-order valence-electron chi connectivity index (χ2n) is 6.60. The van der Waals surface area contributed by atoms with E-state index in [1.54, 1.807) is 19.1 Å². The second kappa shape index (κ2) is 10.1. The Morgan fingerprint density at radius 1 is 1.43 bits per heavy atom. The molecule has 1 aromatic heterocycles. The molecule has 2 heterocycles. The number of nitrogens with one attached hydrogen (secondary N) is 1. The van der Waals surface area contributed by atoms with Crippen molar-refractivity contribution in [3.8, 4) is 0 Å². The van der Waals surface area contributed by atoms with Crippen LogP contribution in [0, 0.1) is 5.21 Å². The minimum atomic E-state index is -0.783.